The number of para-hydroxylation sites is 2. The summed E-state index contributed by atoms with van der Waals surface area (Å²) in [6.45, 7) is 0. The van der Waals surface area contributed by atoms with Crippen molar-refractivity contribution in [1.29, 1.82) is 0 Å². The van der Waals surface area contributed by atoms with Crippen molar-refractivity contribution in [3.63, 3.8) is 0 Å². The van der Waals surface area contributed by atoms with Crippen LogP contribution in [0, 0.1) is 0 Å². The van der Waals surface area contributed by atoms with Crippen LogP contribution in [0.3, 0.4) is 0 Å². The van der Waals surface area contributed by atoms with Gasteiger partial charge < -0.3 is 10.2 Å². The Hall–Kier alpha value is -3.07. The highest BCUT2D eigenvalue weighted by Crippen LogP contribution is 2.49. The Morgan fingerprint density at radius 2 is 1.33 bits per heavy atom. The van der Waals surface area contributed by atoms with Crippen LogP contribution in [-0.2, 0) is 4.84 Å². The number of oxime groups is 1. The Kier molecular flexibility index (Phi) is 2.92. The van der Waals surface area contributed by atoms with E-state index in [9.17, 15) is 0 Å². The topological polar surface area (TPSA) is 33.6 Å². The predicted octanol–water partition coefficient (Wildman–Crippen LogP) is 5.00. The van der Waals surface area contributed by atoms with Gasteiger partial charge in [-0.3, -0.25) is 0 Å². The number of hydrogen-bond acceptors (Lipinski definition) is 3. The van der Waals surface area contributed by atoms with Crippen molar-refractivity contribution in [2.24, 2.45) is 5.16 Å². The third-order valence-corrected chi connectivity index (χ3v) is 4.76. The molecule has 0 fully saturated rings. The number of nitrogens with zero attached hydrogens (tertiary/aromatic N) is 1. The maximum atomic E-state index is 5.94. The van der Waals surface area contributed by atoms with Gasteiger partial charge in [-0.15, -0.1) is 0 Å². The molecule has 3 heteroatoms. The average Bonchev–Trinajstić information content (AvgIpc) is 3.02. The van der Waals surface area contributed by atoms with Crippen LogP contribution in [0.4, 0.5) is 11.4 Å². The molecular formula is C21H16N2O. The molecule has 116 valence electrons. The summed E-state index contributed by atoms with van der Waals surface area (Å²) >= 11 is 0. The molecule has 0 aliphatic carbocycles. The zero-order valence-corrected chi connectivity index (χ0v) is 13.0. The first-order valence-electron chi connectivity index (χ1n) is 8.16. The molecule has 0 saturated heterocycles. The second-order valence-electron chi connectivity index (χ2n) is 6.15. The maximum Gasteiger partial charge on any atom is 0.167 e. The van der Waals surface area contributed by atoms with E-state index in [1.807, 2.05) is 24.3 Å². The largest absolute Gasteiger partial charge is 0.386 e. The van der Waals surface area contributed by atoms with Crippen LogP contribution in [0.25, 0.3) is 0 Å². The molecule has 0 aromatic heterocycles. The third kappa shape index (κ3) is 1.95. The lowest BCUT2D eigenvalue weighted by atomic mass is 9.83. The molecule has 2 heterocycles. The number of nitrogens with one attached hydrogen (secondary N) is 1. The van der Waals surface area contributed by atoms with Crippen LogP contribution in [-0.4, -0.2) is 5.71 Å². The lowest BCUT2D eigenvalue weighted by Crippen LogP contribution is -2.15. The summed E-state index contributed by atoms with van der Waals surface area (Å²) in [5.41, 5.74) is 6.67. The summed E-state index contributed by atoms with van der Waals surface area (Å²) < 4.78 is 0. The first-order chi connectivity index (χ1) is 11.9. The molecule has 0 amide bonds. The first kappa shape index (κ1) is 13.4. The Morgan fingerprint density at radius 1 is 0.708 bits per heavy atom. The molecule has 3 nitrogen and oxygen atoms in total. The van der Waals surface area contributed by atoms with Gasteiger partial charge in [-0.05, 0) is 17.7 Å². The quantitative estimate of drug-likeness (QED) is 0.686. The van der Waals surface area contributed by atoms with E-state index in [0.29, 0.717) is 0 Å². The number of benzene rings is 3. The number of rotatable bonds is 1. The van der Waals surface area contributed by atoms with Crippen molar-refractivity contribution in [2.75, 3.05) is 5.32 Å². The molecule has 2 aliphatic heterocycles. The van der Waals surface area contributed by atoms with Crippen molar-refractivity contribution < 1.29 is 4.84 Å². The predicted molar refractivity (Wildman–Crippen MR) is 95.7 cm³/mol. The Labute approximate surface area is 140 Å². The minimum absolute atomic E-state index is 0.0831. The van der Waals surface area contributed by atoms with Crippen molar-refractivity contribution in [3.05, 3.63) is 95.6 Å². The molecule has 2 unspecified atom stereocenters. The Bertz CT molecular complexity index is 933. The lowest BCUT2D eigenvalue weighted by molar-refractivity contribution is 0.0773. The SMILES string of the molecule is c1ccc(C2=NOC3c4ccccc4Nc4ccccc4C23)cc1. The fourth-order valence-corrected chi connectivity index (χ4v) is 3.65. The summed E-state index contributed by atoms with van der Waals surface area (Å²) in [5, 5.41) is 8.05. The first-order valence-corrected chi connectivity index (χ1v) is 8.16. The van der Waals surface area contributed by atoms with Crippen LogP contribution in [0.2, 0.25) is 0 Å². The molecule has 0 radical (unpaired) electrons. The van der Waals surface area contributed by atoms with Crippen molar-refractivity contribution in [2.45, 2.75) is 12.0 Å². The van der Waals surface area contributed by atoms with Crippen LogP contribution in [0.1, 0.15) is 28.7 Å². The van der Waals surface area contributed by atoms with Gasteiger partial charge in [0.25, 0.3) is 0 Å². The van der Waals surface area contributed by atoms with Crippen LogP contribution < -0.4 is 5.32 Å². The molecule has 3 aromatic rings. The normalized spacial score (nSPS) is 20.6. The summed E-state index contributed by atoms with van der Waals surface area (Å²) in [5.74, 6) is 0.0831. The van der Waals surface area contributed by atoms with Gasteiger partial charge in [-0.2, -0.15) is 0 Å². The van der Waals surface area contributed by atoms with Crippen LogP contribution >= 0.6 is 0 Å². The van der Waals surface area contributed by atoms with Gasteiger partial charge in [0.15, 0.2) is 6.10 Å². The van der Waals surface area contributed by atoms with Crippen molar-refractivity contribution in [3.8, 4) is 0 Å². The molecule has 5 rings (SSSR count). The van der Waals surface area contributed by atoms with Gasteiger partial charge >= 0.3 is 0 Å². The average molecular weight is 312 g/mol. The molecule has 2 atom stereocenters. The van der Waals surface area contributed by atoms with Crippen LogP contribution in [0.15, 0.2) is 84.0 Å². The smallest absolute Gasteiger partial charge is 0.167 e. The molecule has 3 aromatic carbocycles. The van der Waals surface area contributed by atoms with E-state index in [2.05, 4.69) is 65.1 Å². The summed E-state index contributed by atoms with van der Waals surface area (Å²) in [6.07, 6.45) is -0.104. The Balaban J connectivity index is 1.72. The molecule has 0 bridgehead atoms. The minimum Gasteiger partial charge on any atom is -0.386 e. The molecule has 24 heavy (non-hydrogen) atoms. The molecule has 2 aliphatic rings. The monoisotopic (exact) mass is 312 g/mol. The second kappa shape index (κ2) is 5.24. The van der Waals surface area contributed by atoms with Gasteiger partial charge in [-0.25, -0.2) is 0 Å². The van der Waals surface area contributed by atoms with Gasteiger partial charge in [0.1, 0.15) is 0 Å². The van der Waals surface area contributed by atoms with Crippen molar-refractivity contribution in [1.82, 2.24) is 0 Å². The summed E-state index contributed by atoms with van der Waals surface area (Å²) in [6, 6.07) is 27.0. The van der Waals surface area contributed by atoms with Crippen LogP contribution in [0.5, 0.6) is 0 Å². The molecule has 0 saturated carbocycles. The molecule has 1 N–H and O–H groups in total. The van der Waals surface area contributed by atoms with E-state index < -0.39 is 0 Å². The summed E-state index contributed by atoms with van der Waals surface area (Å²) in [4.78, 5) is 5.94. The van der Waals surface area contributed by atoms with E-state index in [0.717, 1.165) is 28.2 Å². The Morgan fingerprint density at radius 3 is 2.12 bits per heavy atom. The zero-order valence-electron chi connectivity index (χ0n) is 13.0. The number of fused-ring (bicyclic) bond motifs is 5. The van der Waals surface area contributed by atoms with Gasteiger partial charge in [0, 0.05) is 22.5 Å². The lowest BCUT2D eigenvalue weighted by Gasteiger charge is -2.18. The number of hydrogen-bond donors (Lipinski definition) is 1. The highest BCUT2D eigenvalue weighted by Gasteiger charge is 2.41. The van der Waals surface area contributed by atoms with E-state index in [-0.39, 0.29) is 12.0 Å². The van der Waals surface area contributed by atoms with Gasteiger partial charge in [-0.1, -0.05) is 71.9 Å². The third-order valence-electron chi connectivity index (χ3n) is 4.76. The van der Waals surface area contributed by atoms with Crippen molar-refractivity contribution >= 4 is 17.1 Å². The fraction of sp³-hybridized carbons (Fsp3) is 0.0952. The fourth-order valence-electron chi connectivity index (χ4n) is 3.65. The molecular weight excluding hydrogens is 296 g/mol. The zero-order chi connectivity index (χ0) is 15.9. The van der Waals surface area contributed by atoms with E-state index >= 15 is 0 Å². The maximum absolute atomic E-state index is 5.94. The van der Waals surface area contributed by atoms with E-state index in [1.54, 1.807) is 0 Å². The standard InChI is InChI=1S/C21H16N2O/c1-2-8-14(9-3-1)20-19-15-10-4-6-12-17(15)22-18-13-7-5-11-16(18)21(19)24-23-20/h1-13,19,21-22H. The second-order valence-corrected chi connectivity index (χ2v) is 6.15. The highest BCUT2D eigenvalue weighted by atomic mass is 16.6. The van der Waals surface area contributed by atoms with Gasteiger partial charge in [0.05, 0.1) is 11.6 Å². The molecule has 0 spiro atoms. The summed E-state index contributed by atoms with van der Waals surface area (Å²) in [7, 11) is 0. The van der Waals surface area contributed by atoms with E-state index in [4.69, 9.17) is 4.84 Å². The van der Waals surface area contributed by atoms with E-state index in [1.165, 1.54) is 5.56 Å². The highest BCUT2D eigenvalue weighted by molar-refractivity contribution is 6.07. The minimum atomic E-state index is -0.104. The van der Waals surface area contributed by atoms with Gasteiger partial charge in [0.2, 0.25) is 0 Å². The number of anilines is 2.